The molecular formula is C46H59N7O10. The zero-order valence-electron chi connectivity index (χ0n) is 35.8. The molecule has 1 amide bonds. The minimum atomic E-state index is -0.121. The molecule has 5 aromatic rings. The monoisotopic (exact) mass is 869 g/mol. The van der Waals surface area contributed by atoms with Gasteiger partial charge < -0.3 is 49.6 Å². The lowest BCUT2D eigenvalue weighted by atomic mass is 10.0. The standard InChI is InChI=1S/C46H59N7O10/c1-2-34-8-6-9-35(30-34)41(56)11-7-18-58-22-26-62-28-24-60-20-15-42(57)48-16-21-61-25-29-63-27-23-59-19-14-37(54)10-4-3-5-17-53-46-43(45(47)49-33-50-46)44(52-53)40-32-36-31-38(55)12-13-39(36)51-40/h1,6,8-9,12-13,30-33,51,55H,3-5,7,10-11,14-29H2,(H,48,57)(H2,47,49,50). The Morgan fingerprint density at radius 1 is 0.746 bits per heavy atom. The van der Waals surface area contributed by atoms with Gasteiger partial charge in [-0.2, -0.15) is 5.10 Å². The van der Waals surface area contributed by atoms with E-state index in [1.54, 1.807) is 36.4 Å². The normalized spacial score (nSPS) is 11.3. The third-order valence-electron chi connectivity index (χ3n) is 9.84. The average Bonchev–Trinajstić information content (AvgIpc) is 3.88. The van der Waals surface area contributed by atoms with Gasteiger partial charge >= 0.3 is 0 Å². The maximum atomic E-state index is 12.4. The first kappa shape index (κ1) is 48.3. The number of nitrogens with one attached hydrogen (secondary N) is 2. The molecule has 0 unspecified atom stereocenters. The molecule has 0 atom stereocenters. The van der Waals surface area contributed by atoms with E-state index in [1.807, 2.05) is 16.8 Å². The number of nitrogen functional groups attached to an aromatic ring is 1. The van der Waals surface area contributed by atoms with Crippen molar-refractivity contribution in [1.82, 2.24) is 30.0 Å². The van der Waals surface area contributed by atoms with Crippen molar-refractivity contribution in [3.05, 3.63) is 66.0 Å². The van der Waals surface area contributed by atoms with Crippen LogP contribution in [-0.4, -0.2) is 133 Å². The van der Waals surface area contributed by atoms with E-state index in [0.717, 1.165) is 35.9 Å². The van der Waals surface area contributed by atoms with Crippen molar-refractivity contribution in [3.63, 3.8) is 0 Å². The number of anilines is 1. The molecule has 5 N–H and O–H groups in total. The number of terminal acetylenes is 1. The summed E-state index contributed by atoms with van der Waals surface area (Å²) in [5, 5.41) is 19.0. The van der Waals surface area contributed by atoms with Crippen LogP contribution in [0.2, 0.25) is 0 Å². The number of aromatic nitrogens is 5. The summed E-state index contributed by atoms with van der Waals surface area (Å²) in [5.74, 6) is 3.14. The number of ketones is 2. The predicted molar refractivity (Wildman–Crippen MR) is 237 cm³/mol. The molecule has 0 saturated carbocycles. The number of phenols is 1. The Kier molecular flexibility index (Phi) is 21.0. The molecular weight excluding hydrogens is 811 g/mol. The van der Waals surface area contributed by atoms with Gasteiger partial charge in [0.1, 0.15) is 29.4 Å². The highest BCUT2D eigenvalue weighted by Crippen LogP contribution is 2.32. The van der Waals surface area contributed by atoms with Crippen molar-refractivity contribution in [1.29, 1.82) is 0 Å². The van der Waals surface area contributed by atoms with Crippen molar-refractivity contribution in [2.45, 2.75) is 57.9 Å². The SMILES string of the molecule is C#Cc1cccc(C(=O)CCCOCCOCCOCCC(=O)NCCOCCOCCOCCC(=O)CCCCCn2nc(-c3cc4cc(O)ccc4[nH]3)c3c(N)ncnc32)c1. The molecule has 3 heterocycles. The maximum Gasteiger partial charge on any atom is 0.222 e. The van der Waals surface area contributed by atoms with Gasteiger partial charge in [0.25, 0.3) is 0 Å². The van der Waals surface area contributed by atoms with Gasteiger partial charge in [-0.25, -0.2) is 14.6 Å². The number of aromatic hydroxyl groups is 1. The van der Waals surface area contributed by atoms with Crippen LogP contribution in [0.4, 0.5) is 5.82 Å². The molecule has 338 valence electrons. The topological polar surface area (TPSA) is 224 Å². The van der Waals surface area contributed by atoms with Gasteiger partial charge in [0.2, 0.25) is 5.91 Å². The number of carbonyl (C=O) groups is 3. The van der Waals surface area contributed by atoms with Crippen molar-refractivity contribution in [3.8, 4) is 29.5 Å². The van der Waals surface area contributed by atoms with E-state index in [4.69, 9.17) is 45.7 Å². The molecule has 2 aromatic carbocycles. The van der Waals surface area contributed by atoms with E-state index in [0.29, 0.717) is 152 Å². The van der Waals surface area contributed by atoms with Crippen LogP contribution >= 0.6 is 0 Å². The molecule has 0 fully saturated rings. The van der Waals surface area contributed by atoms with Crippen molar-refractivity contribution < 1.29 is 47.9 Å². The van der Waals surface area contributed by atoms with Crippen LogP contribution in [0.5, 0.6) is 5.75 Å². The van der Waals surface area contributed by atoms with Crippen LogP contribution in [0, 0.1) is 12.3 Å². The van der Waals surface area contributed by atoms with Gasteiger partial charge in [0, 0.05) is 67.4 Å². The number of nitrogens with zero attached hydrogens (tertiary/aromatic N) is 4. The molecule has 0 aliphatic heterocycles. The second-order valence-corrected chi connectivity index (χ2v) is 14.6. The Morgan fingerprint density at radius 2 is 1.44 bits per heavy atom. The molecule has 0 aliphatic carbocycles. The number of benzene rings is 2. The molecule has 0 bridgehead atoms. The van der Waals surface area contributed by atoms with Crippen LogP contribution in [0.15, 0.2) is 54.9 Å². The van der Waals surface area contributed by atoms with E-state index in [2.05, 4.69) is 26.2 Å². The number of hydrogen-bond donors (Lipinski definition) is 4. The molecule has 5 rings (SSSR count). The fraction of sp³-hybridized carbons (Fsp3) is 0.478. The predicted octanol–water partition coefficient (Wildman–Crippen LogP) is 5.03. The minimum absolute atomic E-state index is 0.0418. The molecule has 17 heteroatoms. The summed E-state index contributed by atoms with van der Waals surface area (Å²) in [4.78, 5) is 48.6. The lowest BCUT2D eigenvalue weighted by Crippen LogP contribution is -2.28. The first-order valence-corrected chi connectivity index (χ1v) is 21.5. The van der Waals surface area contributed by atoms with Crippen LogP contribution in [0.25, 0.3) is 33.3 Å². The van der Waals surface area contributed by atoms with Gasteiger partial charge in [-0.15, -0.1) is 6.42 Å². The van der Waals surface area contributed by atoms with Crippen molar-refractivity contribution in [2.24, 2.45) is 0 Å². The fourth-order valence-electron chi connectivity index (χ4n) is 6.56. The molecule has 63 heavy (non-hydrogen) atoms. The number of phenolic OH excluding ortho intramolecular Hbond substituents is 1. The number of amides is 1. The van der Waals surface area contributed by atoms with Crippen LogP contribution in [0.3, 0.4) is 0 Å². The zero-order chi connectivity index (χ0) is 44.5. The fourth-order valence-corrected chi connectivity index (χ4v) is 6.56. The van der Waals surface area contributed by atoms with Crippen LogP contribution in [-0.2, 0) is 44.6 Å². The van der Waals surface area contributed by atoms with Crippen LogP contribution < -0.4 is 11.1 Å². The highest BCUT2D eigenvalue weighted by molar-refractivity contribution is 6.00. The number of unbranched alkanes of at least 4 members (excludes halogenated alkanes) is 2. The van der Waals surface area contributed by atoms with E-state index in [-0.39, 0.29) is 29.6 Å². The molecule has 17 nitrogen and oxygen atoms in total. The summed E-state index contributed by atoms with van der Waals surface area (Å²) >= 11 is 0. The number of rotatable bonds is 33. The molecule has 0 radical (unpaired) electrons. The van der Waals surface area contributed by atoms with E-state index in [1.165, 1.54) is 6.33 Å². The highest BCUT2D eigenvalue weighted by atomic mass is 16.5. The Hall–Kier alpha value is -5.74. The second kappa shape index (κ2) is 27.3. The van der Waals surface area contributed by atoms with Crippen molar-refractivity contribution >= 4 is 45.2 Å². The summed E-state index contributed by atoms with van der Waals surface area (Å²) in [5.41, 5.74) is 10.5. The summed E-state index contributed by atoms with van der Waals surface area (Å²) in [7, 11) is 0. The number of Topliss-reactive ketones (excluding diaryl/α,β-unsaturated/α-hetero) is 2. The summed E-state index contributed by atoms with van der Waals surface area (Å²) in [6.07, 6.45) is 11.3. The Morgan fingerprint density at radius 3 is 2.19 bits per heavy atom. The number of H-pyrrole nitrogens is 1. The first-order valence-electron chi connectivity index (χ1n) is 21.5. The van der Waals surface area contributed by atoms with Gasteiger partial charge in [-0.1, -0.05) is 24.5 Å². The number of nitrogens with two attached hydrogens (primary N) is 1. The van der Waals surface area contributed by atoms with Gasteiger partial charge in [0.15, 0.2) is 11.4 Å². The van der Waals surface area contributed by atoms with Gasteiger partial charge in [-0.3, -0.25) is 14.4 Å². The number of aromatic amines is 1. The number of hydrogen-bond acceptors (Lipinski definition) is 14. The molecule has 0 saturated heterocycles. The van der Waals surface area contributed by atoms with E-state index in [9.17, 15) is 19.5 Å². The number of carbonyl (C=O) groups excluding carboxylic acids is 3. The lowest BCUT2D eigenvalue weighted by molar-refractivity contribution is -0.123. The third-order valence-corrected chi connectivity index (χ3v) is 9.84. The smallest absolute Gasteiger partial charge is 0.222 e. The highest BCUT2D eigenvalue weighted by Gasteiger charge is 2.19. The number of aryl methyl sites for hydroxylation is 1. The summed E-state index contributed by atoms with van der Waals surface area (Å²) < 4.78 is 34.9. The largest absolute Gasteiger partial charge is 0.508 e. The molecule has 0 aliphatic rings. The van der Waals surface area contributed by atoms with Gasteiger partial charge in [0.05, 0.1) is 83.8 Å². The third kappa shape index (κ3) is 16.8. The quantitative estimate of drug-likeness (QED) is 0.0247. The maximum absolute atomic E-state index is 12.4. The Bertz CT molecular complexity index is 2230. The minimum Gasteiger partial charge on any atom is -0.508 e. The zero-order valence-corrected chi connectivity index (χ0v) is 35.8. The van der Waals surface area contributed by atoms with Gasteiger partial charge in [-0.05, 0) is 55.7 Å². The molecule has 3 aromatic heterocycles. The Labute approximate surface area is 367 Å². The van der Waals surface area contributed by atoms with Crippen LogP contribution in [0.1, 0.15) is 67.3 Å². The summed E-state index contributed by atoms with van der Waals surface area (Å²) in [6.45, 7) is 5.64. The number of fused-ring (bicyclic) bond motifs is 2. The van der Waals surface area contributed by atoms with E-state index < -0.39 is 0 Å². The molecule has 0 spiro atoms. The average molecular weight is 870 g/mol. The van der Waals surface area contributed by atoms with Crippen molar-refractivity contribution in [2.75, 3.05) is 91.6 Å². The summed E-state index contributed by atoms with van der Waals surface area (Å²) in [6, 6.07) is 14.1. The lowest BCUT2D eigenvalue weighted by Gasteiger charge is -2.09. The van der Waals surface area contributed by atoms with E-state index >= 15 is 0 Å². The first-order chi connectivity index (χ1) is 30.8. The number of ether oxygens (including phenoxy) is 6. The Balaban J connectivity index is 0.764. The second-order valence-electron chi connectivity index (χ2n) is 14.6.